The van der Waals surface area contributed by atoms with Crippen molar-refractivity contribution in [3.8, 4) is 0 Å². The molecule has 6 heteroatoms. The minimum absolute atomic E-state index is 0.131. The molecule has 0 aromatic carbocycles. The highest BCUT2D eigenvalue weighted by Gasteiger charge is 2.18. The van der Waals surface area contributed by atoms with Gasteiger partial charge in [0.05, 0.1) is 0 Å². The van der Waals surface area contributed by atoms with Gasteiger partial charge in [0.15, 0.2) is 5.96 Å². The van der Waals surface area contributed by atoms with E-state index in [4.69, 9.17) is 9.47 Å². The first kappa shape index (κ1) is 18.7. The Bertz CT molecular complexity index is 371. The Morgan fingerprint density at radius 3 is 2.55 bits per heavy atom. The van der Waals surface area contributed by atoms with Crippen molar-refractivity contribution in [1.82, 2.24) is 10.2 Å². The van der Waals surface area contributed by atoms with Gasteiger partial charge in [-0.05, 0) is 46.0 Å². The van der Waals surface area contributed by atoms with Crippen molar-refractivity contribution in [2.45, 2.75) is 45.6 Å². The summed E-state index contributed by atoms with van der Waals surface area (Å²) in [6.07, 6.45) is 3.39. The van der Waals surface area contributed by atoms with Crippen molar-refractivity contribution < 1.29 is 14.3 Å². The van der Waals surface area contributed by atoms with Crippen LogP contribution in [-0.2, 0) is 14.3 Å². The van der Waals surface area contributed by atoms with E-state index in [0.29, 0.717) is 0 Å². The fourth-order valence-electron chi connectivity index (χ4n) is 2.43. The Morgan fingerprint density at radius 2 is 2.00 bits per heavy atom. The molecular formula is C16H31N3O3. The lowest BCUT2D eigenvalue weighted by atomic mass is 9.96. The molecule has 1 aliphatic heterocycles. The SMILES string of the molecule is CN=C(NCC(=O)OC(C)(C)C)N(C)CCC1CCOCC1. The van der Waals surface area contributed by atoms with E-state index in [2.05, 4.69) is 15.2 Å². The number of rotatable bonds is 5. The standard InChI is InChI=1S/C16H31N3O3/c1-16(2,3)22-14(20)12-18-15(17-4)19(5)9-6-13-7-10-21-11-8-13/h13H,6-12H2,1-5H3,(H,17,18). The second kappa shape index (κ2) is 8.98. The number of ether oxygens (including phenoxy) is 2. The maximum atomic E-state index is 11.7. The number of esters is 1. The molecule has 1 fully saturated rings. The fraction of sp³-hybridized carbons (Fsp3) is 0.875. The third kappa shape index (κ3) is 7.64. The van der Waals surface area contributed by atoms with E-state index in [-0.39, 0.29) is 12.5 Å². The molecule has 1 rings (SSSR count). The predicted octanol–water partition coefficient (Wildman–Crippen LogP) is 1.65. The van der Waals surface area contributed by atoms with Gasteiger partial charge < -0.3 is 19.7 Å². The van der Waals surface area contributed by atoms with E-state index in [0.717, 1.165) is 50.9 Å². The molecule has 6 nitrogen and oxygen atoms in total. The summed E-state index contributed by atoms with van der Waals surface area (Å²) in [6, 6.07) is 0. The van der Waals surface area contributed by atoms with Gasteiger partial charge in [-0.15, -0.1) is 0 Å². The van der Waals surface area contributed by atoms with Crippen LogP contribution in [-0.4, -0.2) is 62.8 Å². The summed E-state index contributed by atoms with van der Waals surface area (Å²) < 4.78 is 10.7. The van der Waals surface area contributed by atoms with Crippen LogP contribution in [0.5, 0.6) is 0 Å². The number of carbonyl (C=O) groups excluding carboxylic acids is 1. The van der Waals surface area contributed by atoms with Gasteiger partial charge in [0.2, 0.25) is 0 Å². The second-order valence-electron chi connectivity index (χ2n) is 6.75. The molecule has 0 unspecified atom stereocenters. The molecule has 1 aliphatic rings. The molecule has 0 aliphatic carbocycles. The molecule has 128 valence electrons. The predicted molar refractivity (Wildman–Crippen MR) is 88.0 cm³/mol. The van der Waals surface area contributed by atoms with Crippen molar-refractivity contribution in [2.24, 2.45) is 10.9 Å². The molecule has 1 heterocycles. The minimum Gasteiger partial charge on any atom is -0.459 e. The van der Waals surface area contributed by atoms with Gasteiger partial charge in [0.25, 0.3) is 0 Å². The molecular weight excluding hydrogens is 282 g/mol. The van der Waals surface area contributed by atoms with E-state index >= 15 is 0 Å². The number of hydrogen-bond donors (Lipinski definition) is 1. The Kier molecular flexibility index (Phi) is 7.65. The van der Waals surface area contributed by atoms with Gasteiger partial charge in [-0.2, -0.15) is 0 Å². The Morgan fingerprint density at radius 1 is 1.36 bits per heavy atom. The van der Waals surface area contributed by atoms with Crippen LogP contribution in [0.4, 0.5) is 0 Å². The van der Waals surface area contributed by atoms with Gasteiger partial charge in [0.1, 0.15) is 12.1 Å². The van der Waals surface area contributed by atoms with E-state index in [1.807, 2.05) is 27.8 Å². The first-order valence-corrected chi connectivity index (χ1v) is 8.03. The lowest BCUT2D eigenvalue weighted by molar-refractivity contribution is -0.153. The normalized spacial score (nSPS) is 17.2. The summed E-state index contributed by atoms with van der Waals surface area (Å²) >= 11 is 0. The van der Waals surface area contributed by atoms with Crippen LogP contribution in [0, 0.1) is 5.92 Å². The van der Waals surface area contributed by atoms with Crippen molar-refractivity contribution >= 4 is 11.9 Å². The molecule has 0 radical (unpaired) electrons. The zero-order valence-electron chi connectivity index (χ0n) is 14.6. The van der Waals surface area contributed by atoms with Crippen LogP contribution < -0.4 is 5.32 Å². The molecule has 0 atom stereocenters. The zero-order chi connectivity index (χ0) is 16.6. The smallest absolute Gasteiger partial charge is 0.325 e. The van der Waals surface area contributed by atoms with Crippen molar-refractivity contribution in [2.75, 3.05) is 40.4 Å². The van der Waals surface area contributed by atoms with Crippen LogP contribution in [0.1, 0.15) is 40.0 Å². The Hall–Kier alpha value is -1.30. The summed E-state index contributed by atoms with van der Waals surface area (Å²) in [6.45, 7) is 8.38. The van der Waals surface area contributed by atoms with Gasteiger partial charge in [0, 0.05) is 33.9 Å². The summed E-state index contributed by atoms with van der Waals surface area (Å²) in [5.74, 6) is 1.17. The third-order valence-electron chi connectivity index (χ3n) is 3.60. The zero-order valence-corrected chi connectivity index (χ0v) is 14.6. The van der Waals surface area contributed by atoms with Crippen molar-refractivity contribution in [3.05, 3.63) is 0 Å². The highest BCUT2D eigenvalue weighted by Crippen LogP contribution is 2.18. The van der Waals surface area contributed by atoms with Crippen molar-refractivity contribution in [1.29, 1.82) is 0 Å². The number of nitrogens with one attached hydrogen (secondary N) is 1. The molecule has 0 amide bonds. The number of aliphatic imine (C=N–C) groups is 1. The number of guanidine groups is 1. The monoisotopic (exact) mass is 313 g/mol. The molecule has 22 heavy (non-hydrogen) atoms. The van der Waals surface area contributed by atoms with Crippen LogP contribution in [0.25, 0.3) is 0 Å². The first-order chi connectivity index (χ1) is 10.3. The summed E-state index contributed by atoms with van der Waals surface area (Å²) in [7, 11) is 3.71. The third-order valence-corrected chi connectivity index (χ3v) is 3.60. The molecule has 0 aromatic rings. The first-order valence-electron chi connectivity index (χ1n) is 8.03. The largest absolute Gasteiger partial charge is 0.459 e. The molecule has 0 bridgehead atoms. The van der Waals surface area contributed by atoms with Crippen LogP contribution in [0.15, 0.2) is 4.99 Å². The van der Waals surface area contributed by atoms with Crippen LogP contribution >= 0.6 is 0 Å². The number of nitrogens with zero attached hydrogens (tertiary/aromatic N) is 2. The maximum absolute atomic E-state index is 11.7. The molecule has 0 saturated carbocycles. The van der Waals surface area contributed by atoms with Crippen LogP contribution in [0.2, 0.25) is 0 Å². The molecule has 0 aromatic heterocycles. The average Bonchev–Trinajstić information content (AvgIpc) is 2.45. The highest BCUT2D eigenvalue weighted by atomic mass is 16.6. The number of carbonyl (C=O) groups is 1. The second-order valence-corrected chi connectivity index (χ2v) is 6.75. The maximum Gasteiger partial charge on any atom is 0.325 e. The Balaban J connectivity index is 2.31. The quantitative estimate of drug-likeness (QED) is 0.475. The van der Waals surface area contributed by atoms with Gasteiger partial charge in [-0.1, -0.05) is 0 Å². The lowest BCUT2D eigenvalue weighted by Gasteiger charge is -2.27. The van der Waals surface area contributed by atoms with E-state index in [1.165, 1.54) is 0 Å². The van der Waals surface area contributed by atoms with E-state index in [9.17, 15) is 4.79 Å². The van der Waals surface area contributed by atoms with Crippen molar-refractivity contribution in [3.63, 3.8) is 0 Å². The molecule has 0 spiro atoms. The fourth-order valence-corrected chi connectivity index (χ4v) is 2.43. The van der Waals surface area contributed by atoms with E-state index in [1.54, 1.807) is 7.05 Å². The van der Waals surface area contributed by atoms with Crippen LogP contribution in [0.3, 0.4) is 0 Å². The van der Waals surface area contributed by atoms with Gasteiger partial charge in [-0.25, -0.2) is 0 Å². The lowest BCUT2D eigenvalue weighted by Crippen LogP contribution is -2.43. The summed E-state index contributed by atoms with van der Waals surface area (Å²) in [4.78, 5) is 18.0. The molecule has 1 saturated heterocycles. The summed E-state index contributed by atoms with van der Waals surface area (Å²) in [5, 5.41) is 3.06. The van der Waals surface area contributed by atoms with Gasteiger partial charge >= 0.3 is 5.97 Å². The highest BCUT2D eigenvalue weighted by molar-refractivity contribution is 5.84. The average molecular weight is 313 g/mol. The molecule has 1 N–H and O–H groups in total. The minimum atomic E-state index is -0.461. The number of hydrogen-bond acceptors (Lipinski definition) is 4. The van der Waals surface area contributed by atoms with E-state index < -0.39 is 5.60 Å². The summed E-state index contributed by atoms with van der Waals surface area (Å²) in [5.41, 5.74) is -0.461. The Labute approximate surface area is 134 Å². The van der Waals surface area contributed by atoms with Gasteiger partial charge in [-0.3, -0.25) is 9.79 Å². The topological polar surface area (TPSA) is 63.2 Å².